The number of unbranched alkanes of at least 4 members (excludes halogenated alkanes) is 1. The van der Waals surface area contributed by atoms with Crippen molar-refractivity contribution >= 4 is 52.4 Å². The summed E-state index contributed by atoms with van der Waals surface area (Å²) in [5.74, 6) is 0.762. The van der Waals surface area contributed by atoms with Gasteiger partial charge in [-0.3, -0.25) is 4.79 Å². The van der Waals surface area contributed by atoms with E-state index in [1.54, 1.807) is 30.5 Å². The quantitative estimate of drug-likeness (QED) is 0.218. The summed E-state index contributed by atoms with van der Waals surface area (Å²) in [5.41, 5.74) is 0.675. The minimum Gasteiger partial charge on any atom is -0.494 e. The molecule has 27 heavy (non-hydrogen) atoms. The van der Waals surface area contributed by atoms with Crippen LogP contribution in [0.25, 0.3) is 10.9 Å². The first-order valence-corrected chi connectivity index (χ1v) is 9.68. The highest BCUT2D eigenvalue weighted by molar-refractivity contribution is 7.94. The first-order chi connectivity index (χ1) is 13.1. The molecule has 0 bridgehead atoms. The van der Waals surface area contributed by atoms with E-state index < -0.39 is 0 Å². The summed E-state index contributed by atoms with van der Waals surface area (Å²) < 4.78 is 10.9. The summed E-state index contributed by atoms with van der Waals surface area (Å²) in [6.07, 6.45) is 3.22. The van der Waals surface area contributed by atoms with Gasteiger partial charge in [0.1, 0.15) is 17.8 Å². The van der Waals surface area contributed by atoms with E-state index in [0.29, 0.717) is 16.7 Å². The van der Waals surface area contributed by atoms with Gasteiger partial charge in [0.25, 0.3) is 0 Å². The lowest BCUT2D eigenvalue weighted by atomic mass is 10.2. The van der Waals surface area contributed by atoms with Crippen LogP contribution in [0.15, 0.2) is 63.4 Å². The van der Waals surface area contributed by atoms with E-state index in [1.807, 2.05) is 18.2 Å². The van der Waals surface area contributed by atoms with Gasteiger partial charge in [0.2, 0.25) is 5.56 Å². The van der Waals surface area contributed by atoms with Crippen molar-refractivity contribution in [3.05, 3.63) is 68.9 Å². The highest BCUT2D eigenvalue weighted by atomic mass is 35.5. The molecule has 1 heterocycles. The fraction of sp³-hybridized carbons (Fsp3) is 0.158. The van der Waals surface area contributed by atoms with Crippen LogP contribution < -0.4 is 10.3 Å². The molecule has 5 nitrogen and oxygen atoms in total. The summed E-state index contributed by atoms with van der Waals surface area (Å²) >= 11 is 12.9. The molecule has 0 aliphatic rings. The molecule has 0 saturated carbocycles. The largest absolute Gasteiger partial charge is 0.494 e. The smallest absolute Gasteiger partial charge is 0.248 e. The molecule has 1 aromatic heterocycles. The van der Waals surface area contributed by atoms with Crippen LogP contribution in [0.1, 0.15) is 12.8 Å². The van der Waals surface area contributed by atoms with Gasteiger partial charge in [0, 0.05) is 23.2 Å². The van der Waals surface area contributed by atoms with Gasteiger partial charge in [0.15, 0.2) is 0 Å². The number of oxime groups is 1. The van der Waals surface area contributed by atoms with Crippen LogP contribution in [0, 0.1) is 0 Å². The summed E-state index contributed by atoms with van der Waals surface area (Å²) in [7, 11) is 0. The standard InChI is InChI=1S/C19H16Cl2N2O3S/c20-16-6-5-15(12-17(16)21)27-26-22-9-1-2-10-25-14-4-7-18-13(11-14)3-8-19(24)23-18/h3-9,11-12H,1-2,10H2,(H,23,24). The van der Waals surface area contributed by atoms with Gasteiger partial charge in [-0.1, -0.05) is 28.4 Å². The van der Waals surface area contributed by atoms with Gasteiger partial charge >= 0.3 is 0 Å². The molecule has 0 spiro atoms. The molecule has 0 radical (unpaired) electrons. The number of aromatic nitrogens is 1. The number of fused-ring (bicyclic) bond motifs is 1. The predicted molar refractivity (Wildman–Crippen MR) is 111 cm³/mol. The van der Waals surface area contributed by atoms with Crippen molar-refractivity contribution in [2.24, 2.45) is 5.16 Å². The Kier molecular flexibility index (Phi) is 7.04. The van der Waals surface area contributed by atoms with Gasteiger partial charge in [-0.25, -0.2) is 0 Å². The molecular formula is C19H16Cl2N2O3S. The number of benzene rings is 2. The summed E-state index contributed by atoms with van der Waals surface area (Å²) in [6.45, 7) is 0.556. The molecule has 0 unspecified atom stereocenters. The molecule has 1 N–H and O–H groups in total. The number of ether oxygens (including phenoxy) is 1. The molecule has 0 aliphatic heterocycles. The van der Waals surface area contributed by atoms with Gasteiger partial charge < -0.3 is 14.0 Å². The number of nitrogens with zero attached hydrogens (tertiary/aromatic N) is 1. The average Bonchev–Trinajstić information content (AvgIpc) is 2.66. The van der Waals surface area contributed by atoms with E-state index in [4.69, 9.17) is 32.2 Å². The lowest BCUT2D eigenvalue weighted by molar-refractivity contribution is 0.313. The van der Waals surface area contributed by atoms with E-state index in [1.165, 1.54) is 6.07 Å². The van der Waals surface area contributed by atoms with Crippen LogP contribution >= 0.6 is 35.2 Å². The number of hydrogen-bond acceptors (Lipinski definition) is 5. The molecule has 0 fully saturated rings. The first-order valence-electron chi connectivity index (χ1n) is 8.18. The normalized spacial score (nSPS) is 11.2. The maximum Gasteiger partial charge on any atom is 0.248 e. The third-order valence-corrected chi connectivity index (χ3v) is 4.93. The summed E-state index contributed by atoms with van der Waals surface area (Å²) in [6, 6.07) is 14.1. The molecule has 8 heteroatoms. The van der Waals surface area contributed by atoms with Crippen LogP contribution in [-0.4, -0.2) is 17.8 Å². The SMILES string of the molecule is O=c1ccc2cc(OCCCC=NOSc3ccc(Cl)c(Cl)c3)ccc2[nH]1. The lowest BCUT2D eigenvalue weighted by Crippen LogP contribution is -2.02. The molecule has 0 amide bonds. The number of rotatable bonds is 8. The summed E-state index contributed by atoms with van der Waals surface area (Å²) in [5, 5.41) is 5.80. The number of hydrogen-bond donors (Lipinski definition) is 1. The molecule has 0 saturated heterocycles. The Morgan fingerprint density at radius 3 is 2.81 bits per heavy atom. The molecule has 3 aromatic rings. The first kappa shape index (κ1) is 19.6. The zero-order valence-corrected chi connectivity index (χ0v) is 16.5. The van der Waals surface area contributed by atoms with Crippen molar-refractivity contribution in [2.45, 2.75) is 17.7 Å². The third-order valence-electron chi connectivity index (χ3n) is 3.58. The van der Waals surface area contributed by atoms with Crippen molar-refractivity contribution in [3.8, 4) is 5.75 Å². The Labute approximate surface area is 170 Å². The lowest BCUT2D eigenvalue weighted by Gasteiger charge is -2.06. The molecule has 140 valence electrons. The number of nitrogens with one attached hydrogen (secondary N) is 1. The molecule has 0 atom stereocenters. The second-order valence-corrected chi connectivity index (χ2v) is 7.19. The van der Waals surface area contributed by atoms with E-state index in [9.17, 15) is 4.79 Å². The predicted octanol–water partition coefficient (Wildman–Crippen LogP) is 5.70. The topological polar surface area (TPSA) is 63.7 Å². The average molecular weight is 423 g/mol. The Balaban J connectivity index is 1.36. The molecule has 3 rings (SSSR count). The molecular weight excluding hydrogens is 407 g/mol. The van der Waals surface area contributed by atoms with Crippen LogP contribution in [0.4, 0.5) is 0 Å². The van der Waals surface area contributed by atoms with E-state index in [-0.39, 0.29) is 5.56 Å². The third kappa shape index (κ3) is 5.92. The maximum atomic E-state index is 11.3. The Bertz CT molecular complexity index is 1010. The summed E-state index contributed by atoms with van der Waals surface area (Å²) in [4.78, 5) is 14.9. The zero-order valence-electron chi connectivity index (χ0n) is 14.2. The minimum absolute atomic E-state index is 0.116. The fourth-order valence-electron chi connectivity index (χ4n) is 2.26. The second kappa shape index (κ2) is 9.69. The monoisotopic (exact) mass is 422 g/mol. The van der Waals surface area contributed by atoms with E-state index in [2.05, 4.69) is 10.1 Å². The van der Waals surface area contributed by atoms with Crippen molar-refractivity contribution in [2.75, 3.05) is 6.61 Å². The Morgan fingerprint density at radius 1 is 1.07 bits per heavy atom. The van der Waals surface area contributed by atoms with E-state index >= 15 is 0 Å². The van der Waals surface area contributed by atoms with Crippen molar-refractivity contribution in [1.29, 1.82) is 0 Å². The number of pyridine rings is 1. The van der Waals surface area contributed by atoms with Crippen LogP contribution in [0.5, 0.6) is 5.75 Å². The van der Waals surface area contributed by atoms with Gasteiger partial charge in [0.05, 0.1) is 21.5 Å². The van der Waals surface area contributed by atoms with Crippen molar-refractivity contribution in [3.63, 3.8) is 0 Å². The van der Waals surface area contributed by atoms with Crippen LogP contribution in [0.2, 0.25) is 10.0 Å². The van der Waals surface area contributed by atoms with Gasteiger partial charge in [-0.2, -0.15) is 0 Å². The van der Waals surface area contributed by atoms with Crippen molar-refractivity contribution in [1.82, 2.24) is 4.98 Å². The number of H-pyrrole nitrogens is 1. The number of aromatic amines is 1. The molecule has 2 aromatic carbocycles. The van der Waals surface area contributed by atoms with Crippen molar-refractivity contribution < 1.29 is 9.02 Å². The zero-order chi connectivity index (χ0) is 19.1. The Morgan fingerprint density at radius 2 is 1.96 bits per heavy atom. The molecule has 0 aliphatic carbocycles. The highest BCUT2D eigenvalue weighted by Gasteiger charge is 2.01. The second-order valence-electron chi connectivity index (χ2n) is 5.58. The number of halogens is 2. The highest BCUT2D eigenvalue weighted by Crippen LogP contribution is 2.28. The minimum atomic E-state index is -0.116. The van der Waals surface area contributed by atoms with Crippen LogP contribution in [-0.2, 0) is 4.28 Å². The Hall–Kier alpha value is -2.15. The maximum absolute atomic E-state index is 11.3. The van der Waals surface area contributed by atoms with Gasteiger partial charge in [-0.15, -0.1) is 0 Å². The van der Waals surface area contributed by atoms with Crippen LogP contribution in [0.3, 0.4) is 0 Å². The fourth-order valence-corrected chi connectivity index (χ4v) is 3.11. The van der Waals surface area contributed by atoms with E-state index in [0.717, 1.165) is 46.4 Å². The van der Waals surface area contributed by atoms with Gasteiger partial charge in [-0.05, 0) is 55.3 Å².